The second-order valence-corrected chi connectivity index (χ2v) is 5.08. The van der Waals surface area contributed by atoms with Gasteiger partial charge in [0.2, 0.25) is 0 Å². The number of hydrogen-bond acceptors (Lipinski definition) is 3. The molecule has 18 heavy (non-hydrogen) atoms. The van der Waals surface area contributed by atoms with Crippen molar-refractivity contribution >= 4 is 0 Å². The third-order valence-electron chi connectivity index (χ3n) is 3.74. The Bertz CT molecular complexity index is 320. The number of rotatable bonds is 6. The lowest BCUT2D eigenvalue weighted by Crippen LogP contribution is -2.45. The Morgan fingerprint density at radius 3 is 2.83 bits per heavy atom. The zero-order valence-corrected chi connectivity index (χ0v) is 11.4. The Balaban J connectivity index is 2.01. The number of pyridine rings is 1. The van der Waals surface area contributed by atoms with Crippen LogP contribution in [0, 0.1) is 0 Å². The van der Waals surface area contributed by atoms with Crippen molar-refractivity contribution in [2.75, 3.05) is 26.2 Å². The Kier molecular flexibility index (Phi) is 5.62. The molecule has 1 aliphatic heterocycles. The van der Waals surface area contributed by atoms with Gasteiger partial charge in [0.25, 0.3) is 0 Å². The van der Waals surface area contributed by atoms with Crippen molar-refractivity contribution in [3.63, 3.8) is 0 Å². The minimum atomic E-state index is 0.562. The van der Waals surface area contributed by atoms with E-state index in [1.54, 1.807) is 0 Å². The van der Waals surface area contributed by atoms with E-state index in [4.69, 9.17) is 0 Å². The van der Waals surface area contributed by atoms with E-state index in [9.17, 15) is 0 Å². The molecule has 1 saturated heterocycles. The minimum Gasteiger partial charge on any atom is -0.314 e. The predicted molar refractivity (Wildman–Crippen MR) is 75.6 cm³/mol. The zero-order chi connectivity index (χ0) is 12.6. The molecule has 3 nitrogen and oxygen atoms in total. The lowest BCUT2D eigenvalue weighted by Gasteiger charge is -2.35. The van der Waals surface area contributed by atoms with Crippen LogP contribution in [-0.2, 0) is 0 Å². The molecule has 0 unspecified atom stereocenters. The normalized spacial score (nSPS) is 18.7. The maximum Gasteiger partial charge on any atom is 0.0364 e. The van der Waals surface area contributed by atoms with Crippen LogP contribution in [0.2, 0.25) is 0 Å². The van der Waals surface area contributed by atoms with Crippen LogP contribution in [0.1, 0.15) is 44.2 Å². The number of nitrogens with one attached hydrogen (secondary N) is 1. The van der Waals surface area contributed by atoms with E-state index in [0.717, 1.165) is 26.2 Å². The number of piperazine rings is 1. The maximum atomic E-state index is 4.29. The molecule has 1 atom stereocenters. The third kappa shape index (κ3) is 3.79. The van der Waals surface area contributed by atoms with Crippen LogP contribution in [0.3, 0.4) is 0 Å². The van der Waals surface area contributed by atoms with Crippen molar-refractivity contribution in [2.24, 2.45) is 0 Å². The van der Waals surface area contributed by atoms with Crippen LogP contribution in [-0.4, -0.2) is 36.1 Å². The number of aromatic nitrogens is 1. The molecule has 0 amide bonds. The van der Waals surface area contributed by atoms with Gasteiger partial charge in [0.05, 0.1) is 0 Å². The molecule has 1 aromatic rings. The van der Waals surface area contributed by atoms with Crippen LogP contribution >= 0.6 is 0 Å². The van der Waals surface area contributed by atoms with Gasteiger partial charge in [0, 0.05) is 44.6 Å². The van der Waals surface area contributed by atoms with E-state index in [-0.39, 0.29) is 0 Å². The highest BCUT2D eigenvalue weighted by Gasteiger charge is 2.21. The molecule has 0 radical (unpaired) electrons. The van der Waals surface area contributed by atoms with Gasteiger partial charge in [-0.3, -0.25) is 9.88 Å². The molecule has 2 rings (SSSR count). The summed E-state index contributed by atoms with van der Waals surface area (Å²) in [6.45, 7) is 6.82. The van der Waals surface area contributed by atoms with Gasteiger partial charge in [-0.15, -0.1) is 0 Å². The Labute approximate surface area is 111 Å². The summed E-state index contributed by atoms with van der Waals surface area (Å²) in [5.74, 6) is 0. The summed E-state index contributed by atoms with van der Waals surface area (Å²) in [7, 11) is 0. The van der Waals surface area contributed by atoms with E-state index < -0.39 is 0 Å². The second-order valence-electron chi connectivity index (χ2n) is 5.08. The average molecular weight is 247 g/mol. The smallest absolute Gasteiger partial charge is 0.0364 e. The van der Waals surface area contributed by atoms with Gasteiger partial charge in [-0.1, -0.05) is 32.3 Å². The standard InChI is InChI=1S/C15H25N3/c1-2-3-4-7-15(14-6-5-8-17-13-14)18-11-9-16-10-12-18/h5-6,8,13,15-16H,2-4,7,9-12H2,1H3/t15-/m0/s1. The van der Waals surface area contributed by atoms with Crippen LogP contribution in [0.5, 0.6) is 0 Å². The molecular formula is C15H25N3. The minimum absolute atomic E-state index is 0.562. The molecule has 0 aromatic carbocycles. The van der Waals surface area contributed by atoms with Gasteiger partial charge in [0.15, 0.2) is 0 Å². The SMILES string of the molecule is CCCCC[C@@H](c1cccnc1)N1CCNCC1. The van der Waals surface area contributed by atoms with Gasteiger partial charge in [0.1, 0.15) is 0 Å². The quantitative estimate of drug-likeness (QED) is 0.783. The largest absolute Gasteiger partial charge is 0.314 e. The summed E-state index contributed by atoms with van der Waals surface area (Å²) in [4.78, 5) is 6.90. The fraction of sp³-hybridized carbons (Fsp3) is 0.667. The molecule has 2 heterocycles. The van der Waals surface area contributed by atoms with Gasteiger partial charge >= 0.3 is 0 Å². The lowest BCUT2D eigenvalue weighted by atomic mass is 9.99. The monoisotopic (exact) mass is 247 g/mol. The molecule has 1 fully saturated rings. The van der Waals surface area contributed by atoms with Crippen molar-refractivity contribution < 1.29 is 0 Å². The van der Waals surface area contributed by atoms with E-state index in [0.29, 0.717) is 6.04 Å². The van der Waals surface area contributed by atoms with Crippen LogP contribution < -0.4 is 5.32 Å². The van der Waals surface area contributed by atoms with Gasteiger partial charge in [-0.25, -0.2) is 0 Å². The molecule has 0 aliphatic carbocycles. The molecule has 3 heteroatoms. The third-order valence-corrected chi connectivity index (χ3v) is 3.74. The summed E-state index contributed by atoms with van der Waals surface area (Å²) < 4.78 is 0. The first-order valence-corrected chi connectivity index (χ1v) is 7.26. The first-order chi connectivity index (χ1) is 8.92. The zero-order valence-electron chi connectivity index (χ0n) is 11.4. The summed E-state index contributed by atoms with van der Waals surface area (Å²) in [6.07, 6.45) is 9.12. The van der Waals surface area contributed by atoms with E-state index >= 15 is 0 Å². The maximum absolute atomic E-state index is 4.29. The van der Waals surface area contributed by atoms with Crippen molar-refractivity contribution in [1.82, 2.24) is 15.2 Å². The molecule has 1 aromatic heterocycles. The molecular weight excluding hydrogens is 222 g/mol. The molecule has 100 valence electrons. The molecule has 0 bridgehead atoms. The molecule has 1 aliphatic rings. The van der Waals surface area contributed by atoms with Crippen LogP contribution in [0.15, 0.2) is 24.5 Å². The topological polar surface area (TPSA) is 28.2 Å². The van der Waals surface area contributed by atoms with Gasteiger partial charge in [-0.2, -0.15) is 0 Å². The predicted octanol–water partition coefficient (Wildman–Crippen LogP) is 2.61. The molecule has 0 saturated carbocycles. The summed E-state index contributed by atoms with van der Waals surface area (Å²) in [5.41, 5.74) is 1.38. The van der Waals surface area contributed by atoms with Crippen molar-refractivity contribution in [3.05, 3.63) is 30.1 Å². The Morgan fingerprint density at radius 1 is 1.33 bits per heavy atom. The Hall–Kier alpha value is -0.930. The molecule has 0 spiro atoms. The summed E-state index contributed by atoms with van der Waals surface area (Å²) >= 11 is 0. The molecule has 1 N–H and O–H groups in total. The van der Waals surface area contributed by atoms with Gasteiger partial charge in [-0.05, 0) is 18.1 Å². The number of nitrogens with zero attached hydrogens (tertiary/aromatic N) is 2. The average Bonchev–Trinajstić information content (AvgIpc) is 2.46. The lowest BCUT2D eigenvalue weighted by molar-refractivity contribution is 0.162. The van der Waals surface area contributed by atoms with E-state index in [1.807, 2.05) is 12.4 Å². The Morgan fingerprint density at radius 2 is 2.17 bits per heavy atom. The van der Waals surface area contributed by atoms with Crippen LogP contribution in [0.25, 0.3) is 0 Å². The fourth-order valence-electron chi connectivity index (χ4n) is 2.71. The van der Waals surface area contributed by atoms with E-state index in [2.05, 4.69) is 34.3 Å². The highest BCUT2D eigenvalue weighted by Crippen LogP contribution is 2.26. The first kappa shape index (κ1) is 13.5. The first-order valence-electron chi connectivity index (χ1n) is 7.26. The van der Waals surface area contributed by atoms with Crippen molar-refractivity contribution in [1.29, 1.82) is 0 Å². The van der Waals surface area contributed by atoms with Crippen molar-refractivity contribution in [2.45, 2.75) is 38.6 Å². The van der Waals surface area contributed by atoms with Crippen LogP contribution in [0.4, 0.5) is 0 Å². The second kappa shape index (κ2) is 7.49. The highest BCUT2D eigenvalue weighted by atomic mass is 15.2. The number of hydrogen-bond donors (Lipinski definition) is 1. The summed E-state index contributed by atoms with van der Waals surface area (Å²) in [5, 5.41) is 3.43. The van der Waals surface area contributed by atoms with Crippen molar-refractivity contribution in [3.8, 4) is 0 Å². The number of unbranched alkanes of at least 4 members (excludes halogenated alkanes) is 2. The van der Waals surface area contributed by atoms with E-state index in [1.165, 1.54) is 31.2 Å². The fourth-order valence-corrected chi connectivity index (χ4v) is 2.71. The highest BCUT2D eigenvalue weighted by molar-refractivity contribution is 5.14. The van der Waals surface area contributed by atoms with Gasteiger partial charge < -0.3 is 5.32 Å². The summed E-state index contributed by atoms with van der Waals surface area (Å²) in [6, 6.07) is 4.85.